The van der Waals surface area contributed by atoms with Crippen LogP contribution in [0, 0.1) is 12.3 Å². The minimum absolute atomic E-state index is 0.0463. The van der Waals surface area contributed by atoms with E-state index in [1.807, 2.05) is 18.0 Å². The van der Waals surface area contributed by atoms with Gasteiger partial charge < -0.3 is 14.6 Å². The SMILES string of the molecule is CCC1(CO)CCN(C(=O)CCCn2ccnc2C)CC1. The molecule has 1 saturated heterocycles. The summed E-state index contributed by atoms with van der Waals surface area (Å²) in [6.45, 7) is 6.77. The molecule has 0 aliphatic carbocycles. The lowest BCUT2D eigenvalue weighted by Crippen LogP contribution is -2.44. The van der Waals surface area contributed by atoms with Gasteiger partial charge in [0.05, 0.1) is 0 Å². The summed E-state index contributed by atoms with van der Waals surface area (Å²) in [5.74, 6) is 1.24. The van der Waals surface area contributed by atoms with E-state index in [4.69, 9.17) is 0 Å². The van der Waals surface area contributed by atoms with Crippen molar-refractivity contribution < 1.29 is 9.90 Å². The van der Waals surface area contributed by atoms with Gasteiger partial charge in [0.15, 0.2) is 0 Å². The lowest BCUT2D eigenvalue weighted by atomic mass is 9.77. The highest BCUT2D eigenvalue weighted by Crippen LogP contribution is 2.34. The highest BCUT2D eigenvalue weighted by molar-refractivity contribution is 5.76. The zero-order valence-electron chi connectivity index (χ0n) is 13.2. The van der Waals surface area contributed by atoms with E-state index in [9.17, 15) is 9.90 Å². The second-order valence-electron chi connectivity index (χ2n) is 6.16. The van der Waals surface area contributed by atoms with E-state index < -0.39 is 0 Å². The summed E-state index contributed by atoms with van der Waals surface area (Å²) >= 11 is 0. The Bertz CT molecular complexity index is 456. The molecule has 1 aliphatic heterocycles. The summed E-state index contributed by atoms with van der Waals surface area (Å²) in [5, 5.41) is 9.53. The smallest absolute Gasteiger partial charge is 0.222 e. The Labute approximate surface area is 127 Å². The van der Waals surface area contributed by atoms with Crippen molar-refractivity contribution in [2.45, 2.75) is 52.5 Å². The molecule has 1 amide bonds. The average molecular weight is 293 g/mol. The molecule has 2 rings (SSSR count). The number of likely N-dealkylation sites (tertiary alicyclic amines) is 1. The average Bonchev–Trinajstić information content (AvgIpc) is 2.92. The molecule has 0 atom stereocenters. The summed E-state index contributed by atoms with van der Waals surface area (Å²) in [4.78, 5) is 18.4. The molecule has 1 aliphatic rings. The Balaban J connectivity index is 1.74. The second kappa shape index (κ2) is 7.07. The molecule has 1 N–H and O–H groups in total. The number of aromatic nitrogens is 2. The summed E-state index contributed by atoms with van der Waals surface area (Å²) in [6, 6.07) is 0. The van der Waals surface area contributed by atoms with E-state index in [2.05, 4.69) is 16.5 Å². The normalized spacial score (nSPS) is 18.0. The first-order valence-electron chi connectivity index (χ1n) is 7.96. The summed E-state index contributed by atoms with van der Waals surface area (Å²) < 4.78 is 2.08. The van der Waals surface area contributed by atoms with Gasteiger partial charge in [-0.25, -0.2) is 4.98 Å². The fraction of sp³-hybridized carbons (Fsp3) is 0.750. The summed E-state index contributed by atoms with van der Waals surface area (Å²) in [7, 11) is 0. The van der Waals surface area contributed by atoms with Gasteiger partial charge in [0.2, 0.25) is 5.91 Å². The maximum Gasteiger partial charge on any atom is 0.222 e. The number of hydrogen-bond acceptors (Lipinski definition) is 3. The molecule has 0 spiro atoms. The lowest BCUT2D eigenvalue weighted by Gasteiger charge is -2.40. The minimum atomic E-state index is 0.0463. The molecule has 0 saturated carbocycles. The van der Waals surface area contributed by atoms with Crippen LogP contribution in [0.2, 0.25) is 0 Å². The first-order chi connectivity index (χ1) is 10.1. The molecule has 5 heteroatoms. The third-order valence-electron chi connectivity index (χ3n) is 4.98. The molecule has 118 valence electrons. The molecule has 0 radical (unpaired) electrons. The van der Waals surface area contributed by atoms with Crippen LogP contribution in [0.25, 0.3) is 0 Å². The maximum absolute atomic E-state index is 12.2. The van der Waals surface area contributed by atoms with Crippen LogP contribution in [0.5, 0.6) is 0 Å². The van der Waals surface area contributed by atoms with Gasteiger partial charge in [-0.05, 0) is 38.0 Å². The van der Waals surface area contributed by atoms with Crippen LogP contribution in [0.3, 0.4) is 0 Å². The van der Waals surface area contributed by atoms with E-state index >= 15 is 0 Å². The van der Waals surface area contributed by atoms with Crippen LogP contribution < -0.4 is 0 Å². The van der Waals surface area contributed by atoms with Crippen molar-refractivity contribution in [3.8, 4) is 0 Å². The minimum Gasteiger partial charge on any atom is -0.396 e. The predicted octanol–water partition coefficient (Wildman–Crippen LogP) is 1.98. The van der Waals surface area contributed by atoms with E-state index in [0.717, 1.165) is 51.1 Å². The maximum atomic E-state index is 12.2. The third-order valence-corrected chi connectivity index (χ3v) is 4.98. The van der Waals surface area contributed by atoms with Crippen LogP contribution in [0.15, 0.2) is 12.4 Å². The van der Waals surface area contributed by atoms with Gasteiger partial charge in [-0.1, -0.05) is 6.92 Å². The molecular weight excluding hydrogens is 266 g/mol. The first kappa shape index (κ1) is 16.0. The zero-order chi connectivity index (χ0) is 15.3. The highest BCUT2D eigenvalue weighted by Gasteiger charge is 2.33. The van der Waals surface area contributed by atoms with E-state index in [0.29, 0.717) is 6.42 Å². The number of nitrogens with zero attached hydrogens (tertiary/aromatic N) is 3. The topological polar surface area (TPSA) is 58.4 Å². The Morgan fingerprint density at radius 3 is 2.67 bits per heavy atom. The van der Waals surface area contributed by atoms with Gasteiger partial charge >= 0.3 is 0 Å². The summed E-state index contributed by atoms with van der Waals surface area (Å²) in [5.41, 5.74) is 0.0463. The van der Waals surface area contributed by atoms with Crippen molar-refractivity contribution in [3.05, 3.63) is 18.2 Å². The summed E-state index contributed by atoms with van der Waals surface area (Å²) in [6.07, 6.45) is 8.03. The fourth-order valence-corrected chi connectivity index (χ4v) is 3.05. The molecule has 0 bridgehead atoms. The molecule has 0 aromatic carbocycles. The number of aliphatic hydroxyl groups excluding tert-OH is 1. The van der Waals surface area contributed by atoms with Crippen LogP contribution in [0.1, 0.15) is 44.9 Å². The van der Waals surface area contributed by atoms with Crippen molar-refractivity contribution in [2.24, 2.45) is 5.41 Å². The third kappa shape index (κ3) is 3.84. The number of amides is 1. The van der Waals surface area contributed by atoms with Crippen molar-refractivity contribution in [1.29, 1.82) is 0 Å². The molecule has 1 aromatic rings. The Kier molecular flexibility index (Phi) is 5.39. The molecule has 21 heavy (non-hydrogen) atoms. The van der Waals surface area contributed by atoms with Crippen LogP contribution in [-0.2, 0) is 11.3 Å². The van der Waals surface area contributed by atoms with Crippen LogP contribution >= 0.6 is 0 Å². The number of piperidine rings is 1. The molecule has 1 fully saturated rings. The van der Waals surface area contributed by atoms with E-state index in [1.165, 1.54) is 0 Å². The number of carbonyl (C=O) groups excluding carboxylic acids is 1. The molecule has 2 heterocycles. The number of aliphatic hydroxyl groups is 1. The van der Waals surface area contributed by atoms with Gasteiger partial charge in [-0.15, -0.1) is 0 Å². The quantitative estimate of drug-likeness (QED) is 0.872. The van der Waals surface area contributed by atoms with Crippen molar-refractivity contribution in [1.82, 2.24) is 14.5 Å². The van der Waals surface area contributed by atoms with Gasteiger partial charge in [0.25, 0.3) is 0 Å². The number of carbonyl (C=O) groups is 1. The second-order valence-corrected chi connectivity index (χ2v) is 6.16. The standard InChI is InChI=1S/C16H27N3O2/c1-3-16(13-20)6-10-19(11-7-16)15(21)5-4-9-18-12-8-17-14(18)2/h8,12,20H,3-7,9-11,13H2,1-2H3. The number of imidazole rings is 1. The first-order valence-corrected chi connectivity index (χ1v) is 7.96. The van der Waals surface area contributed by atoms with Gasteiger partial charge in [-0.2, -0.15) is 0 Å². The Morgan fingerprint density at radius 2 is 2.14 bits per heavy atom. The van der Waals surface area contributed by atoms with Gasteiger partial charge in [0.1, 0.15) is 5.82 Å². The monoisotopic (exact) mass is 293 g/mol. The van der Waals surface area contributed by atoms with Crippen LogP contribution in [-0.4, -0.2) is 45.2 Å². The molecule has 0 unspecified atom stereocenters. The lowest BCUT2D eigenvalue weighted by molar-refractivity contribution is -0.134. The largest absolute Gasteiger partial charge is 0.396 e. The predicted molar refractivity (Wildman–Crippen MR) is 81.8 cm³/mol. The number of hydrogen-bond donors (Lipinski definition) is 1. The zero-order valence-corrected chi connectivity index (χ0v) is 13.2. The van der Waals surface area contributed by atoms with E-state index in [1.54, 1.807) is 6.20 Å². The van der Waals surface area contributed by atoms with Gasteiger partial charge in [0, 0.05) is 45.1 Å². The molecular formula is C16H27N3O2. The van der Waals surface area contributed by atoms with Crippen molar-refractivity contribution in [3.63, 3.8) is 0 Å². The number of rotatable bonds is 6. The highest BCUT2D eigenvalue weighted by atomic mass is 16.3. The molecule has 5 nitrogen and oxygen atoms in total. The number of aryl methyl sites for hydroxylation is 2. The Morgan fingerprint density at radius 1 is 1.43 bits per heavy atom. The Hall–Kier alpha value is -1.36. The van der Waals surface area contributed by atoms with E-state index in [-0.39, 0.29) is 17.9 Å². The fourth-order valence-electron chi connectivity index (χ4n) is 3.05. The van der Waals surface area contributed by atoms with Crippen LogP contribution in [0.4, 0.5) is 0 Å². The van der Waals surface area contributed by atoms with Crippen molar-refractivity contribution in [2.75, 3.05) is 19.7 Å². The van der Waals surface area contributed by atoms with Crippen molar-refractivity contribution >= 4 is 5.91 Å². The molecule has 1 aromatic heterocycles. The van der Waals surface area contributed by atoms with Gasteiger partial charge in [-0.3, -0.25) is 4.79 Å².